The topological polar surface area (TPSA) is 113 Å². The van der Waals surface area contributed by atoms with E-state index >= 15 is 0 Å². The van der Waals surface area contributed by atoms with Gasteiger partial charge in [-0.15, -0.1) is 0 Å². The number of aliphatic hydroxyl groups excluding tert-OH is 2. The molecule has 0 saturated heterocycles. The molecule has 4 aromatic carbocycles. The summed E-state index contributed by atoms with van der Waals surface area (Å²) >= 11 is 0. The molecule has 8 aliphatic carbocycles. The number of hydrogen-bond acceptors (Lipinski definition) is 7. The molecule has 13 rings (SSSR count). The van der Waals surface area contributed by atoms with E-state index in [1.807, 2.05) is 0 Å². The van der Waals surface area contributed by atoms with Crippen LogP contribution in [-0.2, 0) is 30.9 Å². The molecule has 7 heteroatoms. The summed E-state index contributed by atoms with van der Waals surface area (Å²) in [5, 5.41) is 44.0. The zero-order valence-corrected chi connectivity index (χ0v) is 47.5. The fraction of sp³-hybridized carbons (Fsp3) is 0.634. The Kier molecular flexibility index (Phi) is 13.6. The van der Waals surface area contributed by atoms with Crippen LogP contribution in [0.3, 0.4) is 0 Å². The monoisotopic (exact) mass is 1050 g/mol. The van der Waals surface area contributed by atoms with Gasteiger partial charge >= 0.3 is 11.9 Å². The first-order valence-corrected chi connectivity index (χ1v) is 31.4. The van der Waals surface area contributed by atoms with E-state index in [0.717, 1.165) is 56.9 Å². The van der Waals surface area contributed by atoms with Crippen molar-refractivity contribution in [1.29, 1.82) is 0 Å². The van der Waals surface area contributed by atoms with Gasteiger partial charge in [0.1, 0.15) is 12.7 Å². The molecular weight excluding hydrogens is 965 g/mol. The quantitative estimate of drug-likeness (QED) is 0.108. The number of fused-ring (bicyclic) bond motifs is 5. The maximum absolute atomic E-state index is 14.2. The molecule has 4 aromatic rings. The van der Waals surface area contributed by atoms with Crippen molar-refractivity contribution in [3.05, 3.63) is 130 Å². The van der Waals surface area contributed by atoms with E-state index in [-0.39, 0.29) is 41.7 Å². The number of carbonyl (C=O) groups is 2. The first-order valence-electron chi connectivity index (χ1n) is 31.4. The van der Waals surface area contributed by atoms with Gasteiger partial charge in [-0.05, 0) is 217 Å². The fourth-order valence-electron chi connectivity index (χ4n) is 21.9. The van der Waals surface area contributed by atoms with Crippen LogP contribution in [0.5, 0.6) is 0 Å². The van der Waals surface area contributed by atoms with Gasteiger partial charge < -0.3 is 24.8 Å². The second-order valence-electron chi connectivity index (χ2n) is 28.3. The highest BCUT2D eigenvalue weighted by molar-refractivity contribution is 5.93. The third-order valence-electron chi connectivity index (χ3n) is 25.0. The third kappa shape index (κ3) is 8.00. The Balaban J connectivity index is 0.921. The molecule has 1 heterocycles. The summed E-state index contributed by atoms with van der Waals surface area (Å²) in [6.45, 7) is 8.49. The van der Waals surface area contributed by atoms with Gasteiger partial charge in [0, 0.05) is 24.3 Å². The lowest BCUT2D eigenvalue weighted by Crippen LogP contribution is -2.77. The summed E-state index contributed by atoms with van der Waals surface area (Å²) in [5.74, 6) is 0.811. The molecular formula is C71H90O7. The minimum Gasteiger partial charge on any atom is -0.462 e. The molecule has 6 fully saturated rings. The SMILES string of the molecule is CC(=O)OC1CC(C)C(O)(CCC2=CC(=O)OC2)C2(C(O)CCC(C)CCCc3ccccc3)C(O)CCC(C)(C3CCC45CC6(CCCC6)C6CC7(c8ccccc8)CCCCC7c7ccc8cccc(c8c7C64)C5C3)C12. The van der Waals surface area contributed by atoms with Crippen LogP contribution in [0, 0.1) is 51.2 Å². The van der Waals surface area contributed by atoms with Crippen molar-refractivity contribution in [3.63, 3.8) is 0 Å². The molecule has 2 spiro atoms. The van der Waals surface area contributed by atoms with Crippen molar-refractivity contribution in [1.82, 2.24) is 0 Å². The molecule has 7 nitrogen and oxygen atoms in total. The van der Waals surface area contributed by atoms with E-state index in [2.05, 4.69) is 112 Å². The van der Waals surface area contributed by atoms with E-state index in [9.17, 15) is 24.9 Å². The van der Waals surface area contributed by atoms with Crippen molar-refractivity contribution >= 4 is 22.7 Å². The fourth-order valence-corrected chi connectivity index (χ4v) is 21.9. The average molecular weight is 1060 g/mol. The number of hydrogen-bond donors (Lipinski definition) is 3. The van der Waals surface area contributed by atoms with Gasteiger partial charge in [-0.1, -0.05) is 144 Å². The van der Waals surface area contributed by atoms with Gasteiger partial charge in [-0.2, -0.15) is 0 Å². The lowest BCUT2D eigenvalue weighted by atomic mass is 9.36. The normalized spacial score (nSPS) is 38.8. The van der Waals surface area contributed by atoms with Crippen LogP contribution < -0.4 is 0 Å². The van der Waals surface area contributed by atoms with Gasteiger partial charge in [0.15, 0.2) is 0 Å². The molecule has 1 aliphatic heterocycles. The van der Waals surface area contributed by atoms with Crippen LogP contribution in [0.2, 0.25) is 0 Å². The Morgan fingerprint density at radius 3 is 2.33 bits per heavy atom. The molecule has 3 N–H and O–H groups in total. The highest BCUT2D eigenvalue weighted by atomic mass is 16.5. The zero-order valence-electron chi connectivity index (χ0n) is 47.5. The molecule has 6 saturated carbocycles. The number of aliphatic hydroxyl groups is 3. The number of cyclic esters (lactones) is 1. The maximum atomic E-state index is 14.2. The van der Waals surface area contributed by atoms with Gasteiger partial charge in [-0.25, -0.2) is 4.79 Å². The summed E-state index contributed by atoms with van der Waals surface area (Å²) in [6.07, 6.45) is 21.6. The smallest absolute Gasteiger partial charge is 0.331 e. The summed E-state index contributed by atoms with van der Waals surface area (Å²) in [4.78, 5) is 26.1. The van der Waals surface area contributed by atoms with Gasteiger partial charge in [0.25, 0.3) is 0 Å². The van der Waals surface area contributed by atoms with Crippen LogP contribution in [0.15, 0.2) is 103 Å². The van der Waals surface area contributed by atoms with Gasteiger partial charge in [0.05, 0.1) is 23.2 Å². The number of benzene rings is 4. The molecule has 0 aromatic heterocycles. The predicted molar refractivity (Wildman–Crippen MR) is 308 cm³/mol. The van der Waals surface area contributed by atoms with Crippen LogP contribution in [-0.4, -0.2) is 57.8 Å². The Hall–Kier alpha value is -4.30. The largest absolute Gasteiger partial charge is 0.462 e. The van der Waals surface area contributed by atoms with E-state index in [4.69, 9.17) is 9.47 Å². The maximum Gasteiger partial charge on any atom is 0.331 e. The number of esters is 2. The van der Waals surface area contributed by atoms with Crippen molar-refractivity contribution in [2.24, 2.45) is 51.2 Å². The zero-order chi connectivity index (χ0) is 53.8. The van der Waals surface area contributed by atoms with E-state index < -0.39 is 46.6 Å². The van der Waals surface area contributed by atoms with E-state index in [1.165, 1.54) is 82.1 Å². The van der Waals surface area contributed by atoms with Crippen molar-refractivity contribution < 1.29 is 34.4 Å². The first-order chi connectivity index (χ1) is 37.7. The van der Waals surface area contributed by atoms with Crippen LogP contribution in [0.25, 0.3) is 10.8 Å². The highest BCUT2D eigenvalue weighted by Crippen LogP contribution is 2.81. The Morgan fingerprint density at radius 1 is 0.808 bits per heavy atom. The molecule has 0 bridgehead atoms. The van der Waals surface area contributed by atoms with E-state index in [1.54, 1.807) is 33.7 Å². The average Bonchev–Trinajstić information content (AvgIpc) is 4.20. The standard InChI is InChI=1S/C71H90O7/c1-45(17-15-20-48-18-7-5-8-19-48)26-29-59(73)71-60(74)32-36-66(4,65(71)58(78-47(3)72)39-46(2)70(71,76)38-30-49-40-61(75)77-43-49)52-31-37-69-44-67(33-13-14-34-67)57-42-68(51-22-9-6-10-23-51)35-12-11-25-55(68)54-28-27-50-21-16-24-53(56(69)41-52)62(50)63(54)64(57)69/h5-10,16,18-19,21-24,27-28,40,45-46,52,55-60,64-65,73-74,76H,11-15,17,20,25-26,29-39,41-44H2,1-4H3. The van der Waals surface area contributed by atoms with Crippen LogP contribution >= 0.6 is 0 Å². The minimum absolute atomic E-state index is 0.109. The number of aryl methyl sites for hydroxylation is 1. The highest BCUT2D eigenvalue weighted by Gasteiger charge is 2.76. The van der Waals surface area contributed by atoms with Crippen molar-refractivity contribution in [3.8, 4) is 0 Å². The molecule has 0 amide bonds. The van der Waals surface area contributed by atoms with E-state index in [0.29, 0.717) is 60.7 Å². The molecule has 16 atom stereocenters. The first kappa shape index (κ1) is 53.0. The Bertz CT molecular complexity index is 2920. The molecule has 78 heavy (non-hydrogen) atoms. The Morgan fingerprint density at radius 2 is 1.58 bits per heavy atom. The molecule has 16 unspecified atom stereocenters. The molecule has 0 radical (unpaired) electrons. The summed E-state index contributed by atoms with van der Waals surface area (Å²) in [6, 6.07) is 34.9. The third-order valence-corrected chi connectivity index (χ3v) is 25.0. The molecule has 416 valence electrons. The van der Waals surface area contributed by atoms with Gasteiger partial charge in [-0.3, -0.25) is 4.79 Å². The summed E-state index contributed by atoms with van der Waals surface area (Å²) < 4.78 is 12.1. The lowest BCUT2D eigenvalue weighted by molar-refractivity contribution is -0.327. The number of ether oxygens (including phenoxy) is 2. The minimum atomic E-state index is -1.54. The van der Waals surface area contributed by atoms with Crippen molar-refractivity contribution in [2.45, 2.75) is 222 Å². The lowest BCUT2D eigenvalue weighted by Gasteiger charge is -2.70. The number of rotatable bonds is 14. The van der Waals surface area contributed by atoms with Crippen LogP contribution in [0.1, 0.15) is 215 Å². The Labute approximate surface area is 465 Å². The van der Waals surface area contributed by atoms with Crippen molar-refractivity contribution in [2.75, 3.05) is 6.61 Å². The number of carbonyl (C=O) groups excluding carboxylic acids is 2. The summed E-state index contributed by atoms with van der Waals surface area (Å²) in [5.41, 5.74) is 5.78. The molecule has 9 aliphatic rings. The van der Waals surface area contributed by atoms with Gasteiger partial charge in [0.2, 0.25) is 0 Å². The predicted octanol–water partition coefficient (Wildman–Crippen LogP) is 14.9. The second-order valence-corrected chi connectivity index (χ2v) is 28.3. The van der Waals surface area contributed by atoms with Crippen LogP contribution in [0.4, 0.5) is 0 Å². The second kappa shape index (κ2) is 20.0. The summed E-state index contributed by atoms with van der Waals surface area (Å²) in [7, 11) is 0.